The third-order valence-corrected chi connectivity index (χ3v) is 6.39. The molecule has 0 aliphatic carbocycles. The average molecular weight is 243 g/mol. The summed E-state index contributed by atoms with van der Waals surface area (Å²) in [6.45, 7) is 7.44. The van der Waals surface area contributed by atoms with Crippen LogP contribution in [-0.2, 0) is 0 Å². The van der Waals surface area contributed by atoms with Crippen LogP contribution in [-0.4, -0.2) is 30.1 Å². The molecule has 1 heterocycles. The van der Waals surface area contributed by atoms with Crippen LogP contribution in [0.4, 0.5) is 0 Å². The molecule has 0 bridgehead atoms. The molecule has 0 saturated carbocycles. The van der Waals surface area contributed by atoms with Crippen LogP contribution < -0.4 is 0 Å². The quantitative estimate of drug-likeness (QED) is 0.413. The van der Waals surface area contributed by atoms with E-state index in [9.17, 15) is 0 Å². The second-order valence-corrected chi connectivity index (χ2v) is 7.50. The predicted molar refractivity (Wildman–Crippen MR) is 76.5 cm³/mol. The molecule has 1 saturated heterocycles. The van der Waals surface area contributed by atoms with Gasteiger partial charge in [-0.2, -0.15) is 0 Å². The van der Waals surface area contributed by atoms with Gasteiger partial charge in [0.15, 0.2) is 0 Å². The minimum atomic E-state index is 0.248. The van der Waals surface area contributed by atoms with E-state index in [1.807, 2.05) is 0 Å². The molecule has 1 aliphatic rings. The predicted octanol–water partition coefficient (Wildman–Crippen LogP) is 4.86. The monoisotopic (exact) mass is 243 g/mol. The molecule has 0 aromatic heterocycles. The molecule has 16 heavy (non-hydrogen) atoms. The maximum atomic E-state index is 2.83. The first-order valence-corrected chi connectivity index (χ1v) is 9.04. The van der Waals surface area contributed by atoms with Crippen LogP contribution in [0.25, 0.3) is 0 Å². The van der Waals surface area contributed by atoms with Crippen LogP contribution in [0.3, 0.4) is 0 Å². The van der Waals surface area contributed by atoms with Gasteiger partial charge in [0.1, 0.15) is 0 Å². The van der Waals surface area contributed by atoms with E-state index in [-0.39, 0.29) is 8.07 Å². The van der Waals surface area contributed by atoms with Gasteiger partial charge in [-0.15, -0.1) is 0 Å². The molecular formula is C14H30NP. The summed E-state index contributed by atoms with van der Waals surface area (Å²) in [5.74, 6) is 0. The van der Waals surface area contributed by atoms with E-state index in [0.717, 1.165) is 0 Å². The van der Waals surface area contributed by atoms with Crippen molar-refractivity contribution in [3.8, 4) is 0 Å². The Hall–Kier alpha value is 0.390. The summed E-state index contributed by atoms with van der Waals surface area (Å²) in [7, 11) is 0.248. The van der Waals surface area contributed by atoms with Gasteiger partial charge in [-0.25, -0.2) is 0 Å². The van der Waals surface area contributed by atoms with E-state index in [1.165, 1.54) is 76.8 Å². The van der Waals surface area contributed by atoms with Crippen molar-refractivity contribution in [2.45, 2.75) is 65.2 Å². The lowest BCUT2D eigenvalue weighted by Crippen LogP contribution is -2.16. The Balaban J connectivity index is 2.22. The Morgan fingerprint density at radius 1 is 0.812 bits per heavy atom. The number of nitrogens with zero attached hydrogens (tertiary/aromatic N) is 1. The zero-order chi connectivity index (χ0) is 11.6. The van der Waals surface area contributed by atoms with E-state index in [0.29, 0.717) is 0 Å². The van der Waals surface area contributed by atoms with Gasteiger partial charge in [0.25, 0.3) is 0 Å². The maximum absolute atomic E-state index is 2.83. The molecule has 96 valence electrons. The summed E-state index contributed by atoms with van der Waals surface area (Å²) in [6.07, 6.45) is 14.5. The van der Waals surface area contributed by atoms with Crippen LogP contribution in [0.1, 0.15) is 65.2 Å². The van der Waals surface area contributed by atoms with Crippen molar-refractivity contribution in [1.82, 2.24) is 4.67 Å². The van der Waals surface area contributed by atoms with E-state index in [1.54, 1.807) is 0 Å². The van der Waals surface area contributed by atoms with Crippen molar-refractivity contribution in [1.29, 1.82) is 0 Å². The van der Waals surface area contributed by atoms with Gasteiger partial charge in [-0.3, -0.25) is 4.67 Å². The summed E-state index contributed by atoms with van der Waals surface area (Å²) in [5.41, 5.74) is 0. The highest BCUT2D eigenvalue weighted by molar-refractivity contribution is 7.55. The van der Waals surface area contributed by atoms with Gasteiger partial charge in [0, 0.05) is 13.1 Å². The zero-order valence-corrected chi connectivity index (χ0v) is 12.3. The normalized spacial score (nSPS) is 17.4. The summed E-state index contributed by atoms with van der Waals surface area (Å²) in [5, 5.41) is 0. The second-order valence-electron chi connectivity index (χ2n) is 5.03. The molecule has 0 aromatic carbocycles. The molecule has 0 aromatic rings. The number of hydrogen-bond donors (Lipinski definition) is 0. The molecule has 1 aliphatic heterocycles. The molecule has 2 heteroatoms. The summed E-state index contributed by atoms with van der Waals surface area (Å²) < 4.78 is 2.83. The van der Waals surface area contributed by atoms with Crippen molar-refractivity contribution in [2.24, 2.45) is 0 Å². The summed E-state index contributed by atoms with van der Waals surface area (Å²) in [4.78, 5) is 0. The zero-order valence-electron chi connectivity index (χ0n) is 11.4. The Morgan fingerprint density at radius 2 is 1.31 bits per heavy atom. The van der Waals surface area contributed by atoms with Crippen LogP contribution in [0.2, 0.25) is 0 Å². The van der Waals surface area contributed by atoms with Gasteiger partial charge >= 0.3 is 0 Å². The second kappa shape index (κ2) is 9.42. The molecule has 1 nitrogen and oxygen atoms in total. The standard InChI is InChI=1S/C14H30NP/c1-3-5-9-13-16(14-10-6-4-2)15-11-7-8-12-15/h3-14H2,1-2H3. The SMILES string of the molecule is CCCCCP(CCCCC)N1CCCC1. The highest BCUT2D eigenvalue weighted by atomic mass is 31.1. The molecule has 0 N–H and O–H groups in total. The molecular weight excluding hydrogens is 213 g/mol. The molecule has 0 unspecified atom stereocenters. The Morgan fingerprint density at radius 3 is 1.75 bits per heavy atom. The highest BCUT2D eigenvalue weighted by Crippen LogP contribution is 2.44. The first kappa shape index (κ1) is 14.5. The van der Waals surface area contributed by atoms with E-state index in [2.05, 4.69) is 18.5 Å². The lowest BCUT2D eigenvalue weighted by molar-refractivity contribution is 0.557. The fourth-order valence-corrected chi connectivity index (χ4v) is 5.28. The number of rotatable bonds is 9. The average Bonchev–Trinajstić information content (AvgIpc) is 2.81. The number of unbranched alkanes of at least 4 members (excludes halogenated alkanes) is 4. The van der Waals surface area contributed by atoms with Crippen LogP contribution in [0, 0.1) is 0 Å². The van der Waals surface area contributed by atoms with Gasteiger partial charge in [0.2, 0.25) is 0 Å². The van der Waals surface area contributed by atoms with Crippen molar-refractivity contribution in [2.75, 3.05) is 25.4 Å². The topological polar surface area (TPSA) is 3.24 Å². The first-order chi connectivity index (χ1) is 7.88. The van der Waals surface area contributed by atoms with Crippen LogP contribution in [0.5, 0.6) is 0 Å². The summed E-state index contributed by atoms with van der Waals surface area (Å²) >= 11 is 0. The van der Waals surface area contributed by atoms with Crippen LogP contribution in [0.15, 0.2) is 0 Å². The number of hydrogen-bond acceptors (Lipinski definition) is 1. The fourth-order valence-electron chi connectivity index (χ4n) is 2.47. The Kier molecular flexibility index (Phi) is 8.51. The van der Waals surface area contributed by atoms with Gasteiger partial charge in [0.05, 0.1) is 0 Å². The molecule has 0 atom stereocenters. The van der Waals surface area contributed by atoms with Gasteiger partial charge in [-0.05, 0) is 46.1 Å². The van der Waals surface area contributed by atoms with E-state index in [4.69, 9.17) is 0 Å². The molecule has 0 radical (unpaired) electrons. The molecule has 0 amide bonds. The molecule has 1 rings (SSSR count). The lowest BCUT2D eigenvalue weighted by Gasteiger charge is -2.27. The van der Waals surface area contributed by atoms with Crippen molar-refractivity contribution in [3.05, 3.63) is 0 Å². The van der Waals surface area contributed by atoms with E-state index >= 15 is 0 Å². The third kappa shape index (κ3) is 5.64. The minimum Gasteiger partial charge on any atom is -0.282 e. The molecule has 0 spiro atoms. The minimum absolute atomic E-state index is 0.248. The highest BCUT2D eigenvalue weighted by Gasteiger charge is 2.20. The summed E-state index contributed by atoms with van der Waals surface area (Å²) in [6, 6.07) is 0. The van der Waals surface area contributed by atoms with Crippen molar-refractivity contribution < 1.29 is 0 Å². The third-order valence-electron chi connectivity index (χ3n) is 3.52. The smallest absolute Gasteiger partial charge is 0.00214 e. The van der Waals surface area contributed by atoms with E-state index < -0.39 is 0 Å². The Bertz CT molecular complexity index is 145. The van der Waals surface area contributed by atoms with Gasteiger partial charge < -0.3 is 0 Å². The van der Waals surface area contributed by atoms with Gasteiger partial charge in [-0.1, -0.05) is 39.5 Å². The lowest BCUT2D eigenvalue weighted by atomic mass is 10.3. The fraction of sp³-hybridized carbons (Fsp3) is 1.00. The Labute approximate surface area is 104 Å². The first-order valence-electron chi connectivity index (χ1n) is 7.38. The largest absolute Gasteiger partial charge is 0.282 e. The maximum Gasteiger partial charge on any atom is 0.00214 e. The van der Waals surface area contributed by atoms with Crippen LogP contribution >= 0.6 is 8.07 Å². The molecule has 1 fully saturated rings. The van der Waals surface area contributed by atoms with Crippen molar-refractivity contribution in [3.63, 3.8) is 0 Å². The van der Waals surface area contributed by atoms with Crippen molar-refractivity contribution >= 4 is 8.07 Å².